The molecule has 0 atom stereocenters. The number of para-hydroxylation sites is 1. The molecule has 0 saturated carbocycles. The average molecular weight is 239 g/mol. The Kier molecular flexibility index (Phi) is 3.35. The molecule has 0 radical (unpaired) electrons. The molecule has 1 aliphatic rings. The lowest BCUT2D eigenvalue weighted by Gasteiger charge is -2.44. The van der Waals surface area contributed by atoms with Crippen molar-refractivity contribution in [3.63, 3.8) is 0 Å². The quantitative estimate of drug-likeness (QED) is 0.856. The number of halogens is 1. The summed E-state index contributed by atoms with van der Waals surface area (Å²) in [4.78, 5) is 1.98. The SMILES string of the molecule is CC1(C)COCCN1c1c(F)cccc1CO. The molecule has 0 unspecified atom stereocenters. The van der Waals surface area contributed by atoms with Gasteiger partial charge in [0.2, 0.25) is 0 Å². The second kappa shape index (κ2) is 4.63. The molecular formula is C13H18FNO2. The van der Waals surface area contributed by atoms with Gasteiger partial charge in [-0.3, -0.25) is 0 Å². The Morgan fingerprint density at radius 1 is 1.47 bits per heavy atom. The number of aliphatic hydroxyl groups is 1. The van der Waals surface area contributed by atoms with Crippen molar-refractivity contribution in [2.75, 3.05) is 24.7 Å². The molecule has 1 aromatic rings. The fourth-order valence-corrected chi connectivity index (χ4v) is 2.26. The van der Waals surface area contributed by atoms with E-state index in [2.05, 4.69) is 0 Å². The smallest absolute Gasteiger partial charge is 0.146 e. The number of aliphatic hydroxyl groups excluding tert-OH is 1. The zero-order chi connectivity index (χ0) is 12.5. The summed E-state index contributed by atoms with van der Waals surface area (Å²) in [6, 6.07) is 4.81. The molecule has 2 rings (SSSR count). The van der Waals surface area contributed by atoms with E-state index < -0.39 is 0 Å². The molecule has 0 aliphatic carbocycles. The molecule has 17 heavy (non-hydrogen) atoms. The van der Waals surface area contributed by atoms with E-state index in [1.807, 2.05) is 18.7 Å². The van der Waals surface area contributed by atoms with Gasteiger partial charge in [0, 0.05) is 12.1 Å². The van der Waals surface area contributed by atoms with Crippen LogP contribution in [0.4, 0.5) is 10.1 Å². The van der Waals surface area contributed by atoms with Crippen LogP contribution in [0.1, 0.15) is 19.4 Å². The van der Waals surface area contributed by atoms with Gasteiger partial charge in [-0.25, -0.2) is 4.39 Å². The van der Waals surface area contributed by atoms with E-state index in [0.717, 1.165) is 0 Å². The van der Waals surface area contributed by atoms with Crippen molar-refractivity contribution in [1.82, 2.24) is 0 Å². The highest BCUT2D eigenvalue weighted by Crippen LogP contribution is 2.32. The van der Waals surface area contributed by atoms with Crippen LogP contribution >= 0.6 is 0 Å². The third-order valence-corrected chi connectivity index (χ3v) is 3.16. The van der Waals surface area contributed by atoms with Gasteiger partial charge in [0.05, 0.1) is 31.0 Å². The Hall–Kier alpha value is -1.13. The van der Waals surface area contributed by atoms with E-state index in [4.69, 9.17) is 4.74 Å². The van der Waals surface area contributed by atoms with E-state index in [1.165, 1.54) is 6.07 Å². The molecule has 3 nitrogen and oxygen atoms in total. The summed E-state index contributed by atoms with van der Waals surface area (Å²) >= 11 is 0. The van der Waals surface area contributed by atoms with Crippen LogP contribution in [0.15, 0.2) is 18.2 Å². The van der Waals surface area contributed by atoms with Crippen LogP contribution in [0.25, 0.3) is 0 Å². The maximum atomic E-state index is 14.0. The average Bonchev–Trinajstić information content (AvgIpc) is 2.29. The second-order valence-electron chi connectivity index (χ2n) is 4.92. The van der Waals surface area contributed by atoms with Gasteiger partial charge >= 0.3 is 0 Å². The molecule has 0 aromatic heterocycles. The molecule has 1 aliphatic heterocycles. The number of hydrogen-bond donors (Lipinski definition) is 1. The molecule has 0 bridgehead atoms. The van der Waals surface area contributed by atoms with Crippen LogP contribution in [0.3, 0.4) is 0 Å². The fraction of sp³-hybridized carbons (Fsp3) is 0.538. The Morgan fingerprint density at radius 2 is 2.24 bits per heavy atom. The fourth-order valence-electron chi connectivity index (χ4n) is 2.26. The summed E-state index contributed by atoms with van der Waals surface area (Å²) in [5.74, 6) is -0.286. The number of rotatable bonds is 2. The van der Waals surface area contributed by atoms with Crippen molar-refractivity contribution in [3.8, 4) is 0 Å². The third-order valence-electron chi connectivity index (χ3n) is 3.16. The Balaban J connectivity index is 2.44. The minimum absolute atomic E-state index is 0.152. The first-order valence-corrected chi connectivity index (χ1v) is 5.80. The predicted octanol–water partition coefficient (Wildman–Crippen LogP) is 1.93. The van der Waals surface area contributed by atoms with E-state index in [1.54, 1.807) is 12.1 Å². The lowest BCUT2D eigenvalue weighted by molar-refractivity contribution is 0.0637. The van der Waals surface area contributed by atoms with Crippen LogP contribution in [-0.2, 0) is 11.3 Å². The number of anilines is 1. The highest BCUT2D eigenvalue weighted by molar-refractivity contribution is 5.56. The normalized spacial score (nSPS) is 19.4. The largest absolute Gasteiger partial charge is 0.392 e. The maximum Gasteiger partial charge on any atom is 0.146 e. The van der Waals surface area contributed by atoms with Gasteiger partial charge in [0.15, 0.2) is 0 Å². The first-order valence-electron chi connectivity index (χ1n) is 5.80. The minimum atomic E-state index is -0.286. The number of nitrogens with zero attached hydrogens (tertiary/aromatic N) is 1. The number of benzene rings is 1. The maximum absolute atomic E-state index is 14.0. The van der Waals surface area contributed by atoms with Crippen molar-refractivity contribution in [1.29, 1.82) is 0 Å². The predicted molar refractivity (Wildman–Crippen MR) is 64.6 cm³/mol. The van der Waals surface area contributed by atoms with Gasteiger partial charge in [0.25, 0.3) is 0 Å². The van der Waals surface area contributed by atoms with Crippen LogP contribution < -0.4 is 4.90 Å². The van der Waals surface area contributed by atoms with Crippen molar-refractivity contribution in [2.45, 2.75) is 26.0 Å². The van der Waals surface area contributed by atoms with E-state index >= 15 is 0 Å². The van der Waals surface area contributed by atoms with E-state index in [0.29, 0.717) is 31.0 Å². The number of ether oxygens (including phenoxy) is 1. The van der Waals surface area contributed by atoms with Gasteiger partial charge < -0.3 is 14.7 Å². The number of hydrogen-bond acceptors (Lipinski definition) is 3. The highest BCUT2D eigenvalue weighted by Gasteiger charge is 2.33. The third kappa shape index (κ3) is 2.28. The van der Waals surface area contributed by atoms with Gasteiger partial charge in [-0.2, -0.15) is 0 Å². The van der Waals surface area contributed by atoms with E-state index in [9.17, 15) is 9.50 Å². The number of morpholine rings is 1. The van der Waals surface area contributed by atoms with Crippen LogP contribution in [0, 0.1) is 5.82 Å². The van der Waals surface area contributed by atoms with Crippen molar-refractivity contribution < 1.29 is 14.2 Å². The lowest BCUT2D eigenvalue weighted by Crippen LogP contribution is -2.53. The van der Waals surface area contributed by atoms with Gasteiger partial charge in [-0.05, 0) is 19.9 Å². The van der Waals surface area contributed by atoms with Gasteiger partial charge in [-0.1, -0.05) is 12.1 Å². The molecule has 1 saturated heterocycles. The molecular weight excluding hydrogens is 221 g/mol. The molecule has 1 N–H and O–H groups in total. The zero-order valence-corrected chi connectivity index (χ0v) is 10.2. The van der Waals surface area contributed by atoms with Crippen molar-refractivity contribution in [3.05, 3.63) is 29.6 Å². The first kappa shape index (κ1) is 12.3. The molecule has 0 spiro atoms. The molecule has 4 heteroatoms. The molecule has 1 heterocycles. The molecule has 1 aromatic carbocycles. The lowest BCUT2D eigenvalue weighted by atomic mass is 9.99. The van der Waals surface area contributed by atoms with Crippen molar-refractivity contribution >= 4 is 5.69 Å². The highest BCUT2D eigenvalue weighted by atomic mass is 19.1. The summed E-state index contributed by atoms with van der Waals surface area (Å²) < 4.78 is 19.4. The molecule has 0 amide bonds. The minimum Gasteiger partial charge on any atom is -0.392 e. The summed E-state index contributed by atoms with van der Waals surface area (Å²) in [6.07, 6.45) is 0. The zero-order valence-electron chi connectivity index (χ0n) is 10.2. The molecule has 1 fully saturated rings. The van der Waals surface area contributed by atoms with Crippen LogP contribution in [-0.4, -0.2) is 30.4 Å². The first-order chi connectivity index (χ1) is 8.06. The molecule has 94 valence electrons. The second-order valence-corrected chi connectivity index (χ2v) is 4.92. The summed E-state index contributed by atoms with van der Waals surface area (Å²) in [7, 11) is 0. The Labute approximate surface area is 101 Å². The Morgan fingerprint density at radius 3 is 2.88 bits per heavy atom. The summed E-state index contributed by atoms with van der Waals surface area (Å²) in [5, 5.41) is 9.32. The summed E-state index contributed by atoms with van der Waals surface area (Å²) in [6.45, 7) is 5.66. The van der Waals surface area contributed by atoms with Crippen LogP contribution in [0.5, 0.6) is 0 Å². The van der Waals surface area contributed by atoms with Crippen molar-refractivity contribution in [2.24, 2.45) is 0 Å². The Bertz CT molecular complexity index is 406. The van der Waals surface area contributed by atoms with Gasteiger partial charge in [0.1, 0.15) is 5.82 Å². The monoisotopic (exact) mass is 239 g/mol. The topological polar surface area (TPSA) is 32.7 Å². The summed E-state index contributed by atoms with van der Waals surface area (Å²) in [5.41, 5.74) is 0.868. The standard InChI is InChI=1S/C13H18FNO2/c1-13(2)9-17-7-6-15(13)12-10(8-16)4-3-5-11(12)14/h3-5,16H,6-9H2,1-2H3. The van der Waals surface area contributed by atoms with Gasteiger partial charge in [-0.15, -0.1) is 0 Å². The van der Waals surface area contributed by atoms with E-state index in [-0.39, 0.29) is 18.0 Å². The van der Waals surface area contributed by atoms with Crippen LogP contribution in [0.2, 0.25) is 0 Å².